The van der Waals surface area contributed by atoms with E-state index in [4.69, 9.17) is 5.73 Å². The topological polar surface area (TPSA) is 81.2 Å². The van der Waals surface area contributed by atoms with E-state index in [-0.39, 0.29) is 6.54 Å². The molecule has 0 saturated carbocycles. The Morgan fingerprint density at radius 3 is 2.43 bits per heavy atom. The van der Waals surface area contributed by atoms with Gasteiger partial charge in [0.2, 0.25) is 0 Å². The van der Waals surface area contributed by atoms with Crippen LogP contribution in [0.1, 0.15) is 5.56 Å². The molecule has 2 rings (SSSR count). The highest BCUT2D eigenvalue weighted by atomic mass is 19.2. The van der Waals surface area contributed by atoms with Gasteiger partial charge in [0.05, 0.1) is 4.92 Å². The Morgan fingerprint density at radius 2 is 1.81 bits per heavy atom. The van der Waals surface area contributed by atoms with Gasteiger partial charge in [0.1, 0.15) is 0 Å². The minimum Gasteiger partial charge on any atom is -0.399 e. The van der Waals surface area contributed by atoms with Crippen LogP contribution < -0.4 is 11.1 Å². The van der Waals surface area contributed by atoms with E-state index in [0.29, 0.717) is 12.1 Å². The lowest BCUT2D eigenvalue weighted by atomic mass is 10.1. The lowest BCUT2D eigenvalue weighted by Gasteiger charge is -2.09. The first-order chi connectivity index (χ1) is 9.99. The standard InChI is InChI=1S/C14H13F2N3O2/c15-11-5-6-12(19(20)21)14(13(11)16)18-8-7-9-1-3-10(17)4-2-9/h1-6,18H,7-8,17H2. The fraction of sp³-hybridized carbons (Fsp3) is 0.143. The van der Waals surface area contributed by atoms with E-state index >= 15 is 0 Å². The number of rotatable bonds is 5. The Labute approximate surface area is 119 Å². The zero-order valence-electron chi connectivity index (χ0n) is 11.0. The van der Waals surface area contributed by atoms with E-state index < -0.39 is 27.9 Å². The molecule has 0 unspecified atom stereocenters. The van der Waals surface area contributed by atoms with Crippen LogP contribution in [0.4, 0.5) is 25.8 Å². The molecule has 2 aromatic carbocycles. The second-order valence-electron chi connectivity index (χ2n) is 4.43. The molecule has 110 valence electrons. The van der Waals surface area contributed by atoms with Crippen LogP contribution in [0.15, 0.2) is 36.4 Å². The first-order valence-corrected chi connectivity index (χ1v) is 6.19. The molecule has 2 aromatic rings. The van der Waals surface area contributed by atoms with Gasteiger partial charge in [-0.1, -0.05) is 12.1 Å². The van der Waals surface area contributed by atoms with Gasteiger partial charge in [-0.2, -0.15) is 0 Å². The summed E-state index contributed by atoms with van der Waals surface area (Å²) in [6, 6.07) is 8.71. The van der Waals surface area contributed by atoms with E-state index in [0.717, 1.165) is 17.7 Å². The van der Waals surface area contributed by atoms with Crippen molar-refractivity contribution in [2.24, 2.45) is 0 Å². The van der Waals surface area contributed by atoms with E-state index in [9.17, 15) is 18.9 Å². The van der Waals surface area contributed by atoms with E-state index in [1.807, 2.05) is 0 Å². The fourth-order valence-electron chi connectivity index (χ4n) is 1.88. The van der Waals surface area contributed by atoms with Crippen LogP contribution in [0.25, 0.3) is 0 Å². The second-order valence-corrected chi connectivity index (χ2v) is 4.43. The van der Waals surface area contributed by atoms with Crippen LogP contribution >= 0.6 is 0 Å². The Bertz CT molecular complexity index is 660. The summed E-state index contributed by atoms with van der Waals surface area (Å²) in [6.45, 7) is 0.227. The summed E-state index contributed by atoms with van der Waals surface area (Å²) in [5.41, 5.74) is 6.18. The van der Waals surface area contributed by atoms with Gasteiger partial charge in [0.25, 0.3) is 5.69 Å². The van der Waals surface area contributed by atoms with Gasteiger partial charge < -0.3 is 11.1 Å². The summed E-state index contributed by atoms with van der Waals surface area (Å²) in [7, 11) is 0. The molecule has 5 nitrogen and oxygen atoms in total. The summed E-state index contributed by atoms with van der Waals surface area (Å²) < 4.78 is 26.8. The minimum absolute atomic E-state index is 0.227. The number of nitro groups is 1. The van der Waals surface area contributed by atoms with Crippen molar-refractivity contribution >= 4 is 17.1 Å². The molecule has 0 fully saturated rings. The van der Waals surface area contributed by atoms with Crippen molar-refractivity contribution in [2.75, 3.05) is 17.6 Å². The maximum atomic E-state index is 13.6. The van der Waals surface area contributed by atoms with Crippen molar-refractivity contribution in [3.05, 3.63) is 63.7 Å². The Kier molecular flexibility index (Phi) is 4.32. The summed E-state index contributed by atoms with van der Waals surface area (Å²) in [5, 5.41) is 13.4. The normalized spacial score (nSPS) is 10.4. The van der Waals surface area contributed by atoms with E-state index in [1.165, 1.54) is 0 Å². The highest BCUT2D eigenvalue weighted by molar-refractivity contribution is 5.62. The number of nitrogen functional groups attached to an aromatic ring is 1. The van der Waals surface area contributed by atoms with Crippen LogP contribution in [0.3, 0.4) is 0 Å². The molecule has 0 aliphatic carbocycles. The summed E-state index contributed by atoms with van der Waals surface area (Å²) in [4.78, 5) is 10.1. The smallest absolute Gasteiger partial charge is 0.295 e. The molecule has 0 atom stereocenters. The number of nitrogens with one attached hydrogen (secondary N) is 1. The van der Waals surface area contributed by atoms with E-state index in [1.54, 1.807) is 24.3 Å². The highest BCUT2D eigenvalue weighted by Gasteiger charge is 2.21. The van der Waals surface area contributed by atoms with Gasteiger partial charge in [-0.3, -0.25) is 10.1 Å². The number of anilines is 2. The molecule has 0 aliphatic heterocycles. The third-order valence-electron chi connectivity index (χ3n) is 2.96. The van der Waals surface area contributed by atoms with Gasteiger partial charge >= 0.3 is 0 Å². The second kappa shape index (κ2) is 6.17. The zero-order chi connectivity index (χ0) is 15.4. The highest BCUT2D eigenvalue weighted by Crippen LogP contribution is 2.28. The quantitative estimate of drug-likeness (QED) is 0.504. The predicted molar refractivity (Wildman–Crippen MR) is 76.1 cm³/mol. The number of halogens is 2. The zero-order valence-corrected chi connectivity index (χ0v) is 11.0. The first-order valence-electron chi connectivity index (χ1n) is 6.19. The molecule has 3 N–H and O–H groups in total. The third kappa shape index (κ3) is 3.44. The largest absolute Gasteiger partial charge is 0.399 e. The molecule has 0 heterocycles. The number of nitro benzene ring substituents is 1. The Balaban J connectivity index is 2.10. The average Bonchev–Trinajstić information content (AvgIpc) is 2.45. The van der Waals surface area contributed by atoms with Gasteiger partial charge in [0.15, 0.2) is 17.3 Å². The molecule has 0 amide bonds. The van der Waals surface area contributed by atoms with Crippen LogP contribution in [-0.2, 0) is 6.42 Å². The lowest BCUT2D eigenvalue weighted by molar-refractivity contribution is -0.384. The van der Waals surface area contributed by atoms with Gasteiger partial charge in [0, 0.05) is 18.3 Å². The number of benzene rings is 2. The number of hydrogen-bond acceptors (Lipinski definition) is 4. The summed E-state index contributed by atoms with van der Waals surface area (Å²) >= 11 is 0. The number of nitrogens with zero attached hydrogens (tertiary/aromatic N) is 1. The molecular formula is C14H13F2N3O2. The predicted octanol–water partition coefficient (Wildman–Crippen LogP) is 3.11. The molecule has 0 bridgehead atoms. The van der Waals surface area contributed by atoms with Gasteiger partial charge in [-0.05, 0) is 30.2 Å². The number of nitrogens with two attached hydrogens (primary N) is 1. The Morgan fingerprint density at radius 1 is 1.14 bits per heavy atom. The third-order valence-corrected chi connectivity index (χ3v) is 2.96. The number of hydrogen-bond donors (Lipinski definition) is 2. The maximum absolute atomic E-state index is 13.6. The summed E-state index contributed by atoms with van der Waals surface area (Å²) in [6.07, 6.45) is 0.493. The molecule has 0 spiro atoms. The SMILES string of the molecule is Nc1ccc(CCNc2c([N+](=O)[O-])ccc(F)c2F)cc1. The monoisotopic (exact) mass is 293 g/mol. The lowest BCUT2D eigenvalue weighted by Crippen LogP contribution is -2.09. The van der Waals surface area contributed by atoms with Crippen LogP contribution in [-0.4, -0.2) is 11.5 Å². The van der Waals surface area contributed by atoms with Crippen molar-refractivity contribution in [3.8, 4) is 0 Å². The minimum atomic E-state index is -1.25. The molecule has 0 saturated heterocycles. The summed E-state index contributed by atoms with van der Waals surface area (Å²) in [5.74, 6) is -2.38. The van der Waals surface area contributed by atoms with E-state index in [2.05, 4.69) is 5.32 Å². The molecule has 0 aromatic heterocycles. The molecular weight excluding hydrogens is 280 g/mol. The Hall–Kier alpha value is -2.70. The first kappa shape index (κ1) is 14.7. The maximum Gasteiger partial charge on any atom is 0.295 e. The molecule has 0 radical (unpaired) electrons. The molecule has 0 aliphatic rings. The fourth-order valence-corrected chi connectivity index (χ4v) is 1.88. The van der Waals surface area contributed by atoms with Crippen LogP contribution in [0, 0.1) is 21.7 Å². The van der Waals surface area contributed by atoms with Crippen LogP contribution in [0.5, 0.6) is 0 Å². The van der Waals surface area contributed by atoms with Crippen molar-refractivity contribution in [1.82, 2.24) is 0 Å². The average molecular weight is 293 g/mol. The van der Waals surface area contributed by atoms with Crippen molar-refractivity contribution < 1.29 is 13.7 Å². The van der Waals surface area contributed by atoms with Crippen LogP contribution in [0.2, 0.25) is 0 Å². The molecule has 21 heavy (non-hydrogen) atoms. The van der Waals surface area contributed by atoms with Crippen molar-refractivity contribution in [1.29, 1.82) is 0 Å². The van der Waals surface area contributed by atoms with Crippen molar-refractivity contribution in [3.63, 3.8) is 0 Å². The van der Waals surface area contributed by atoms with Gasteiger partial charge in [-0.25, -0.2) is 8.78 Å². The van der Waals surface area contributed by atoms with Gasteiger partial charge in [-0.15, -0.1) is 0 Å². The molecule has 7 heteroatoms. The van der Waals surface area contributed by atoms with Crippen molar-refractivity contribution in [2.45, 2.75) is 6.42 Å².